The topological polar surface area (TPSA) is 98.0 Å². The first-order valence-electron chi connectivity index (χ1n) is 10.1. The van der Waals surface area contributed by atoms with E-state index < -0.39 is 4.92 Å². The molecule has 0 spiro atoms. The Labute approximate surface area is 189 Å². The maximum absolute atomic E-state index is 12.4. The van der Waals surface area contributed by atoms with Crippen LogP contribution in [0.3, 0.4) is 0 Å². The number of nitro benzene ring substituents is 1. The molecule has 3 aromatic carbocycles. The molecule has 1 N–H and O–H groups in total. The Hall–Kier alpha value is -3.78. The van der Waals surface area contributed by atoms with Gasteiger partial charge in [-0.1, -0.05) is 67.2 Å². The molecule has 32 heavy (non-hydrogen) atoms. The minimum Gasteiger partial charge on any atom is -0.325 e. The third-order valence-corrected chi connectivity index (χ3v) is 5.76. The lowest BCUT2D eigenvalue weighted by molar-refractivity contribution is -0.384. The van der Waals surface area contributed by atoms with Crippen LogP contribution in [0.15, 0.2) is 78.0 Å². The van der Waals surface area contributed by atoms with Crippen LogP contribution in [0, 0.1) is 10.1 Å². The molecule has 0 saturated heterocycles. The van der Waals surface area contributed by atoms with E-state index in [1.54, 1.807) is 0 Å². The summed E-state index contributed by atoms with van der Waals surface area (Å²) in [5.41, 5.74) is 4.32. The molecule has 0 atom stereocenters. The summed E-state index contributed by atoms with van der Waals surface area (Å²) in [6.07, 6.45) is 0.841. The van der Waals surface area contributed by atoms with Crippen molar-refractivity contribution in [2.24, 2.45) is 0 Å². The molecular formula is C24H20N4O3S. The normalized spacial score (nSPS) is 10.8. The molecule has 8 heteroatoms. The molecule has 0 fully saturated rings. The van der Waals surface area contributed by atoms with Crippen LogP contribution in [0.5, 0.6) is 0 Å². The number of aromatic nitrogens is 2. The first kappa shape index (κ1) is 21.5. The van der Waals surface area contributed by atoms with Gasteiger partial charge in [0.05, 0.1) is 21.9 Å². The molecule has 4 rings (SSSR count). The van der Waals surface area contributed by atoms with Gasteiger partial charge >= 0.3 is 0 Å². The van der Waals surface area contributed by atoms with Crippen LogP contribution in [-0.2, 0) is 11.2 Å². The Balaban J connectivity index is 1.57. The van der Waals surface area contributed by atoms with E-state index in [1.807, 2.05) is 42.5 Å². The van der Waals surface area contributed by atoms with E-state index in [2.05, 4.69) is 18.3 Å². The molecular weight excluding hydrogens is 424 g/mol. The highest BCUT2D eigenvalue weighted by Gasteiger charge is 2.14. The van der Waals surface area contributed by atoms with Gasteiger partial charge in [0.25, 0.3) is 5.69 Å². The average Bonchev–Trinajstić information content (AvgIpc) is 2.82. The average molecular weight is 445 g/mol. The van der Waals surface area contributed by atoms with Gasteiger partial charge in [0.15, 0.2) is 5.16 Å². The van der Waals surface area contributed by atoms with E-state index >= 15 is 0 Å². The molecule has 4 aromatic rings. The van der Waals surface area contributed by atoms with Gasteiger partial charge in [0, 0.05) is 28.8 Å². The van der Waals surface area contributed by atoms with Gasteiger partial charge in [-0.3, -0.25) is 14.9 Å². The van der Waals surface area contributed by atoms with Crippen LogP contribution < -0.4 is 5.32 Å². The highest BCUT2D eigenvalue weighted by Crippen LogP contribution is 2.30. The van der Waals surface area contributed by atoms with Gasteiger partial charge in [-0.05, 0) is 24.1 Å². The van der Waals surface area contributed by atoms with E-state index in [0.29, 0.717) is 10.8 Å². The first-order valence-corrected chi connectivity index (χ1v) is 11.1. The van der Waals surface area contributed by atoms with Crippen LogP contribution in [0.4, 0.5) is 11.4 Å². The fraction of sp³-hybridized carbons (Fsp3) is 0.125. The lowest BCUT2D eigenvalue weighted by Crippen LogP contribution is -2.14. The minimum absolute atomic E-state index is 0.0258. The van der Waals surface area contributed by atoms with Crippen molar-refractivity contribution < 1.29 is 9.72 Å². The number of carbonyl (C=O) groups excluding carboxylic acids is 1. The number of hydrogen-bond donors (Lipinski definition) is 1. The van der Waals surface area contributed by atoms with Gasteiger partial charge in [0.1, 0.15) is 0 Å². The number of aryl methyl sites for hydroxylation is 1. The Morgan fingerprint density at radius 2 is 1.75 bits per heavy atom. The summed E-state index contributed by atoms with van der Waals surface area (Å²) in [7, 11) is 0. The first-order chi connectivity index (χ1) is 15.5. The van der Waals surface area contributed by atoms with Crippen molar-refractivity contribution >= 4 is 39.9 Å². The van der Waals surface area contributed by atoms with Crippen molar-refractivity contribution in [2.75, 3.05) is 11.1 Å². The summed E-state index contributed by atoms with van der Waals surface area (Å²) < 4.78 is 0. The van der Waals surface area contributed by atoms with Gasteiger partial charge in [0.2, 0.25) is 5.91 Å². The molecule has 0 saturated carbocycles. The largest absolute Gasteiger partial charge is 0.325 e. The van der Waals surface area contributed by atoms with Gasteiger partial charge in [-0.15, -0.1) is 0 Å². The zero-order valence-electron chi connectivity index (χ0n) is 17.3. The third kappa shape index (κ3) is 4.76. The Kier molecular flexibility index (Phi) is 6.42. The number of para-hydroxylation sites is 1. The number of anilines is 1. The number of non-ortho nitro benzene ring substituents is 1. The second-order valence-corrected chi connectivity index (χ2v) is 7.97. The maximum Gasteiger partial charge on any atom is 0.269 e. The number of benzene rings is 3. The van der Waals surface area contributed by atoms with Crippen LogP contribution in [-0.4, -0.2) is 26.6 Å². The summed E-state index contributed by atoms with van der Waals surface area (Å²) >= 11 is 1.26. The number of nitrogens with zero attached hydrogens (tertiary/aromatic N) is 3. The standard InChI is InChI=1S/C24H20N4O3S/c1-2-16-9-6-10-20-22(16)26-24(27-23(20)17-7-4-3-5-8-17)32-15-21(29)25-18-11-13-19(14-12-18)28(30)31/h3-14H,2,15H2,1H3,(H,25,29). The van der Waals surface area contributed by atoms with Gasteiger partial charge in [-0.25, -0.2) is 9.97 Å². The number of nitrogens with one attached hydrogen (secondary N) is 1. The number of hydrogen-bond acceptors (Lipinski definition) is 6. The van der Waals surface area contributed by atoms with Crippen molar-refractivity contribution in [2.45, 2.75) is 18.5 Å². The molecule has 0 aliphatic heterocycles. The molecule has 1 amide bonds. The van der Waals surface area contributed by atoms with Gasteiger partial charge in [-0.2, -0.15) is 0 Å². The van der Waals surface area contributed by atoms with Crippen LogP contribution in [0.1, 0.15) is 12.5 Å². The quantitative estimate of drug-likeness (QED) is 0.175. The number of nitro groups is 1. The Bertz CT molecular complexity index is 1280. The molecule has 160 valence electrons. The number of carbonyl (C=O) groups is 1. The smallest absolute Gasteiger partial charge is 0.269 e. The predicted molar refractivity (Wildman–Crippen MR) is 127 cm³/mol. The minimum atomic E-state index is -0.479. The number of fused-ring (bicyclic) bond motifs is 1. The molecule has 0 aliphatic rings. The molecule has 7 nitrogen and oxygen atoms in total. The fourth-order valence-corrected chi connectivity index (χ4v) is 3.99. The molecule has 0 radical (unpaired) electrons. The summed E-state index contributed by atoms with van der Waals surface area (Å²) in [5, 5.41) is 15.0. The highest BCUT2D eigenvalue weighted by molar-refractivity contribution is 7.99. The van der Waals surface area contributed by atoms with Crippen LogP contribution in [0.2, 0.25) is 0 Å². The Morgan fingerprint density at radius 3 is 2.44 bits per heavy atom. The SMILES string of the molecule is CCc1cccc2c(-c3ccccc3)nc(SCC(=O)Nc3ccc([N+](=O)[O-])cc3)nc12. The second-order valence-electron chi connectivity index (χ2n) is 7.03. The lowest BCUT2D eigenvalue weighted by atomic mass is 10.0. The molecule has 0 aliphatic carbocycles. The fourth-order valence-electron chi connectivity index (χ4n) is 3.35. The van der Waals surface area contributed by atoms with E-state index in [4.69, 9.17) is 9.97 Å². The van der Waals surface area contributed by atoms with Crippen molar-refractivity contribution in [3.63, 3.8) is 0 Å². The van der Waals surface area contributed by atoms with E-state index in [0.717, 1.165) is 34.1 Å². The number of thioether (sulfide) groups is 1. The van der Waals surface area contributed by atoms with E-state index in [9.17, 15) is 14.9 Å². The summed E-state index contributed by atoms with van der Waals surface area (Å²) in [5.74, 6) is -0.122. The molecule has 1 heterocycles. The summed E-state index contributed by atoms with van der Waals surface area (Å²) in [6, 6.07) is 21.7. The van der Waals surface area contributed by atoms with Crippen molar-refractivity contribution in [3.8, 4) is 11.3 Å². The maximum atomic E-state index is 12.4. The highest BCUT2D eigenvalue weighted by atomic mass is 32.2. The zero-order chi connectivity index (χ0) is 22.5. The monoisotopic (exact) mass is 444 g/mol. The van der Waals surface area contributed by atoms with Gasteiger partial charge < -0.3 is 5.32 Å². The van der Waals surface area contributed by atoms with Crippen LogP contribution >= 0.6 is 11.8 Å². The predicted octanol–water partition coefficient (Wildman–Crippen LogP) is 5.50. The summed E-state index contributed by atoms with van der Waals surface area (Å²) in [6.45, 7) is 2.09. The second kappa shape index (κ2) is 9.57. The third-order valence-electron chi connectivity index (χ3n) is 4.91. The van der Waals surface area contributed by atoms with Crippen LogP contribution in [0.25, 0.3) is 22.2 Å². The number of rotatable bonds is 7. The lowest BCUT2D eigenvalue weighted by Gasteiger charge is -2.11. The Morgan fingerprint density at radius 1 is 1.00 bits per heavy atom. The van der Waals surface area contributed by atoms with Crippen molar-refractivity contribution in [1.82, 2.24) is 9.97 Å². The molecule has 0 bridgehead atoms. The molecule has 1 aromatic heterocycles. The molecule has 0 unspecified atom stereocenters. The van der Waals surface area contributed by atoms with E-state index in [1.165, 1.54) is 36.0 Å². The van der Waals surface area contributed by atoms with E-state index in [-0.39, 0.29) is 17.3 Å². The zero-order valence-corrected chi connectivity index (χ0v) is 18.1. The summed E-state index contributed by atoms with van der Waals surface area (Å²) in [4.78, 5) is 32.2. The van der Waals surface area contributed by atoms with Crippen molar-refractivity contribution in [3.05, 3.63) is 88.5 Å². The number of amides is 1. The van der Waals surface area contributed by atoms with Crippen molar-refractivity contribution in [1.29, 1.82) is 0 Å².